The zero-order valence-electron chi connectivity index (χ0n) is 12.5. The number of hydrogen-bond donors (Lipinski definition) is 1. The summed E-state index contributed by atoms with van der Waals surface area (Å²) in [4.78, 5) is 12.2. The van der Waals surface area contributed by atoms with E-state index in [0.717, 1.165) is 15.6 Å². The molecule has 2 aromatic carbocycles. The van der Waals surface area contributed by atoms with Crippen LogP contribution in [-0.2, 0) is 4.79 Å². The van der Waals surface area contributed by atoms with Crippen molar-refractivity contribution in [2.45, 2.75) is 12.3 Å². The second-order valence-electron chi connectivity index (χ2n) is 5.70. The lowest BCUT2D eigenvalue weighted by atomic mass is 9.87. The van der Waals surface area contributed by atoms with Crippen LogP contribution in [0.2, 0.25) is 0 Å². The molecule has 0 bridgehead atoms. The monoisotopic (exact) mass is 385 g/mol. The van der Waals surface area contributed by atoms with E-state index in [0.29, 0.717) is 17.9 Å². The highest BCUT2D eigenvalue weighted by molar-refractivity contribution is 9.10. The number of nitrogens with zero attached hydrogens (tertiary/aromatic N) is 2. The van der Waals surface area contributed by atoms with Gasteiger partial charge in [0.2, 0.25) is 5.91 Å². The molecule has 0 saturated heterocycles. The SMILES string of the molecule is O=C1C[C@H](c2cccc(Br)c2)c2cnn(-c3ccc(F)cc3)c2N1. The quantitative estimate of drug-likeness (QED) is 0.716. The van der Waals surface area contributed by atoms with Crippen molar-refractivity contribution in [3.05, 3.63) is 76.1 Å². The van der Waals surface area contributed by atoms with Gasteiger partial charge in [-0.3, -0.25) is 4.79 Å². The van der Waals surface area contributed by atoms with E-state index in [-0.39, 0.29) is 17.6 Å². The van der Waals surface area contributed by atoms with Crippen molar-refractivity contribution < 1.29 is 9.18 Å². The van der Waals surface area contributed by atoms with E-state index in [2.05, 4.69) is 26.3 Å². The third-order valence-electron chi connectivity index (χ3n) is 4.14. The lowest BCUT2D eigenvalue weighted by molar-refractivity contribution is -0.116. The van der Waals surface area contributed by atoms with Gasteiger partial charge in [-0.05, 0) is 42.0 Å². The molecule has 0 unspecified atom stereocenters. The molecule has 0 fully saturated rings. The molecule has 1 aliphatic heterocycles. The number of fused-ring (bicyclic) bond motifs is 1. The van der Waals surface area contributed by atoms with E-state index in [9.17, 15) is 9.18 Å². The number of aromatic nitrogens is 2. The van der Waals surface area contributed by atoms with Crippen molar-refractivity contribution in [3.63, 3.8) is 0 Å². The van der Waals surface area contributed by atoms with E-state index >= 15 is 0 Å². The summed E-state index contributed by atoms with van der Waals surface area (Å²) in [5.41, 5.74) is 2.71. The molecule has 1 amide bonds. The number of benzene rings is 2. The summed E-state index contributed by atoms with van der Waals surface area (Å²) < 4.78 is 15.8. The maximum absolute atomic E-state index is 13.1. The second-order valence-corrected chi connectivity index (χ2v) is 6.61. The third kappa shape index (κ3) is 2.63. The normalized spacial score (nSPS) is 16.6. The molecule has 4 rings (SSSR count). The highest BCUT2D eigenvalue weighted by Gasteiger charge is 2.30. The second kappa shape index (κ2) is 5.87. The highest BCUT2D eigenvalue weighted by Crippen LogP contribution is 2.38. The predicted molar refractivity (Wildman–Crippen MR) is 92.8 cm³/mol. The van der Waals surface area contributed by atoms with Gasteiger partial charge in [-0.2, -0.15) is 5.10 Å². The summed E-state index contributed by atoms with van der Waals surface area (Å²) in [7, 11) is 0. The number of carbonyl (C=O) groups excluding carboxylic acids is 1. The molecular weight excluding hydrogens is 373 g/mol. The number of nitrogens with one attached hydrogen (secondary N) is 1. The molecule has 0 radical (unpaired) electrons. The summed E-state index contributed by atoms with van der Waals surface area (Å²) in [6.45, 7) is 0. The Morgan fingerprint density at radius 1 is 1.21 bits per heavy atom. The molecule has 1 N–H and O–H groups in total. The average Bonchev–Trinajstić information content (AvgIpc) is 2.98. The van der Waals surface area contributed by atoms with Crippen molar-refractivity contribution in [1.82, 2.24) is 9.78 Å². The van der Waals surface area contributed by atoms with Gasteiger partial charge < -0.3 is 5.32 Å². The van der Waals surface area contributed by atoms with Crippen LogP contribution in [0, 0.1) is 5.82 Å². The van der Waals surface area contributed by atoms with E-state index in [4.69, 9.17) is 0 Å². The zero-order valence-corrected chi connectivity index (χ0v) is 14.1. The molecule has 3 aromatic rings. The summed E-state index contributed by atoms with van der Waals surface area (Å²) in [5, 5.41) is 7.29. The minimum absolute atomic E-state index is 0.0551. The molecule has 120 valence electrons. The van der Waals surface area contributed by atoms with E-state index in [1.165, 1.54) is 12.1 Å². The topological polar surface area (TPSA) is 46.9 Å². The van der Waals surface area contributed by atoms with E-state index < -0.39 is 0 Å². The molecule has 4 nitrogen and oxygen atoms in total. The maximum Gasteiger partial charge on any atom is 0.226 e. The summed E-state index contributed by atoms with van der Waals surface area (Å²) in [6, 6.07) is 14.0. The van der Waals surface area contributed by atoms with Crippen LogP contribution in [0.5, 0.6) is 0 Å². The fraction of sp³-hybridized carbons (Fsp3) is 0.111. The third-order valence-corrected chi connectivity index (χ3v) is 4.64. The number of anilines is 1. The highest BCUT2D eigenvalue weighted by atomic mass is 79.9. The van der Waals surface area contributed by atoms with Gasteiger partial charge in [0.15, 0.2) is 0 Å². The standard InChI is InChI=1S/C18H13BrFN3O/c19-12-3-1-2-11(8-12)15-9-17(24)22-18-16(15)10-21-23(18)14-6-4-13(20)5-7-14/h1-8,10,15H,9H2,(H,22,24)/t15-/m1/s1. The number of hydrogen-bond acceptors (Lipinski definition) is 2. The smallest absolute Gasteiger partial charge is 0.226 e. The number of carbonyl (C=O) groups is 1. The Morgan fingerprint density at radius 2 is 2.00 bits per heavy atom. The Hall–Kier alpha value is -2.47. The largest absolute Gasteiger partial charge is 0.310 e. The first-order valence-corrected chi connectivity index (χ1v) is 8.30. The van der Waals surface area contributed by atoms with Crippen LogP contribution in [0.25, 0.3) is 5.69 Å². The van der Waals surface area contributed by atoms with Gasteiger partial charge in [-0.1, -0.05) is 28.1 Å². The molecule has 0 spiro atoms. The maximum atomic E-state index is 13.1. The van der Waals surface area contributed by atoms with E-state index in [1.54, 1.807) is 23.0 Å². The van der Waals surface area contributed by atoms with Crippen LogP contribution < -0.4 is 5.32 Å². The Kier molecular flexibility index (Phi) is 3.69. The van der Waals surface area contributed by atoms with Crippen LogP contribution in [0.4, 0.5) is 10.2 Å². The first kappa shape index (κ1) is 15.1. The van der Waals surface area contributed by atoms with Crippen LogP contribution in [0.1, 0.15) is 23.5 Å². The first-order valence-electron chi connectivity index (χ1n) is 7.51. The molecule has 2 heterocycles. The van der Waals surface area contributed by atoms with Crippen molar-refractivity contribution >= 4 is 27.7 Å². The van der Waals surface area contributed by atoms with Crippen molar-refractivity contribution in [2.75, 3.05) is 5.32 Å². The molecule has 24 heavy (non-hydrogen) atoms. The molecule has 1 aliphatic rings. The van der Waals surface area contributed by atoms with Crippen molar-refractivity contribution in [1.29, 1.82) is 0 Å². The molecular formula is C18H13BrFN3O. The molecule has 6 heteroatoms. The van der Waals surface area contributed by atoms with Crippen molar-refractivity contribution in [3.8, 4) is 5.69 Å². The Labute approximate surface area is 146 Å². The Balaban J connectivity index is 1.81. The molecule has 1 atom stereocenters. The van der Waals surface area contributed by atoms with Crippen LogP contribution >= 0.6 is 15.9 Å². The minimum Gasteiger partial charge on any atom is -0.310 e. The zero-order chi connectivity index (χ0) is 16.7. The Morgan fingerprint density at radius 3 is 2.75 bits per heavy atom. The molecule has 0 saturated carbocycles. The van der Waals surface area contributed by atoms with E-state index in [1.807, 2.05) is 24.3 Å². The van der Waals surface area contributed by atoms with Gasteiger partial charge in [0, 0.05) is 22.4 Å². The first-order chi connectivity index (χ1) is 11.6. The van der Waals surface area contributed by atoms with Gasteiger partial charge in [0.1, 0.15) is 11.6 Å². The lowest BCUT2D eigenvalue weighted by Crippen LogP contribution is -2.24. The summed E-state index contributed by atoms with van der Waals surface area (Å²) >= 11 is 3.48. The van der Waals surface area contributed by atoms with Gasteiger partial charge in [-0.15, -0.1) is 0 Å². The minimum atomic E-state index is -0.309. The van der Waals surface area contributed by atoms with Crippen LogP contribution in [0.3, 0.4) is 0 Å². The van der Waals surface area contributed by atoms with Crippen LogP contribution in [0.15, 0.2) is 59.2 Å². The predicted octanol–water partition coefficient (Wildman–Crippen LogP) is 4.25. The Bertz CT molecular complexity index is 920. The lowest BCUT2D eigenvalue weighted by Gasteiger charge is -2.24. The molecule has 0 aliphatic carbocycles. The van der Waals surface area contributed by atoms with Gasteiger partial charge >= 0.3 is 0 Å². The number of halogens is 2. The van der Waals surface area contributed by atoms with Crippen LogP contribution in [-0.4, -0.2) is 15.7 Å². The van der Waals surface area contributed by atoms with Crippen molar-refractivity contribution in [2.24, 2.45) is 0 Å². The van der Waals surface area contributed by atoms with Gasteiger partial charge in [-0.25, -0.2) is 9.07 Å². The summed E-state index contributed by atoms with van der Waals surface area (Å²) in [5.74, 6) is 0.218. The van der Waals surface area contributed by atoms with Gasteiger partial charge in [0.25, 0.3) is 0 Å². The fourth-order valence-electron chi connectivity index (χ4n) is 3.02. The number of amides is 1. The average molecular weight is 386 g/mol. The summed E-state index contributed by atoms with van der Waals surface area (Å²) in [6.07, 6.45) is 2.14. The molecule has 1 aromatic heterocycles. The number of rotatable bonds is 2. The fourth-order valence-corrected chi connectivity index (χ4v) is 3.44. The van der Waals surface area contributed by atoms with Gasteiger partial charge in [0.05, 0.1) is 11.9 Å².